The van der Waals surface area contributed by atoms with Crippen molar-refractivity contribution in [3.63, 3.8) is 0 Å². The molecule has 1 atom stereocenters. The van der Waals surface area contributed by atoms with Crippen LogP contribution >= 0.6 is 31.9 Å². The summed E-state index contributed by atoms with van der Waals surface area (Å²) in [6, 6.07) is 14.9. The van der Waals surface area contributed by atoms with Gasteiger partial charge < -0.3 is 0 Å². The highest BCUT2D eigenvalue weighted by atomic mass is 79.9. The highest BCUT2D eigenvalue weighted by Crippen LogP contribution is 2.50. The number of alkyl halides is 1. The molecule has 3 rings (SSSR count). The first-order valence-electron chi connectivity index (χ1n) is 4.81. The lowest BCUT2D eigenvalue weighted by molar-refractivity contribution is 1.24. The zero-order valence-electron chi connectivity index (χ0n) is 7.87. The fourth-order valence-electron chi connectivity index (χ4n) is 2.15. The Balaban J connectivity index is 2.39. The quantitative estimate of drug-likeness (QED) is 0.604. The standard InChI is InChI=1S/C13H8Br2/c14-11-7-3-6-10-12(11)8-4-1-2-5-9(8)13(10)15/h1-7,13H. The molecule has 0 aliphatic heterocycles. The van der Waals surface area contributed by atoms with Gasteiger partial charge in [0.2, 0.25) is 0 Å². The molecule has 0 N–H and O–H groups in total. The van der Waals surface area contributed by atoms with Crippen LogP contribution in [0.15, 0.2) is 46.9 Å². The van der Waals surface area contributed by atoms with E-state index in [1.165, 1.54) is 26.7 Å². The fraction of sp³-hybridized carbons (Fsp3) is 0.0769. The van der Waals surface area contributed by atoms with Gasteiger partial charge in [-0.3, -0.25) is 0 Å². The first-order chi connectivity index (χ1) is 7.29. The van der Waals surface area contributed by atoms with Gasteiger partial charge in [0.25, 0.3) is 0 Å². The lowest BCUT2D eigenvalue weighted by atomic mass is 10.1. The number of benzene rings is 2. The van der Waals surface area contributed by atoms with Crippen molar-refractivity contribution in [2.75, 3.05) is 0 Å². The summed E-state index contributed by atoms with van der Waals surface area (Å²) >= 11 is 7.37. The summed E-state index contributed by atoms with van der Waals surface area (Å²) in [7, 11) is 0. The third-order valence-electron chi connectivity index (χ3n) is 2.82. The second-order valence-corrected chi connectivity index (χ2v) is 5.42. The summed E-state index contributed by atoms with van der Waals surface area (Å²) < 4.78 is 1.18. The molecular formula is C13H8Br2. The van der Waals surface area contributed by atoms with Crippen LogP contribution in [0, 0.1) is 0 Å². The molecule has 0 radical (unpaired) electrons. The van der Waals surface area contributed by atoms with Crippen LogP contribution in [0.1, 0.15) is 16.0 Å². The molecule has 0 spiro atoms. The molecule has 0 fully saturated rings. The maximum atomic E-state index is 3.75. The number of halogens is 2. The molecule has 15 heavy (non-hydrogen) atoms. The maximum absolute atomic E-state index is 3.75. The molecule has 0 heterocycles. The highest BCUT2D eigenvalue weighted by Gasteiger charge is 2.27. The van der Waals surface area contributed by atoms with Gasteiger partial charge in [0.15, 0.2) is 0 Å². The Labute approximate surface area is 106 Å². The minimum Gasteiger partial charge on any atom is -0.0786 e. The van der Waals surface area contributed by atoms with E-state index in [1.54, 1.807) is 0 Å². The SMILES string of the molecule is Brc1cccc2c1-c1ccccc1C2Br. The average Bonchev–Trinajstić information content (AvgIpc) is 2.55. The van der Waals surface area contributed by atoms with Crippen molar-refractivity contribution in [3.05, 3.63) is 58.1 Å². The fourth-order valence-corrected chi connectivity index (χ4v) is 3.53. The predicted octanol–water partition coefficient (Wildman–Crippen LogP) is 4.91. The molecule has 1 aliphatic rings. The third kappa shape index (κ3) is 1.31. The van der Waals surface area contributed by atoms with Crippen molar-refractivity contribution in [1.29, 1.82) is 0 Å². The molecule has 0 saturated carbocycles. The van der Waals surface area contributed by atoms with E-state index in [2.05, 4.69) is 74.3 Å². The second-order valence-electron chi connectivity index (χ2n) is 3.65. The van der Waals surface area contributed by atoms with E-state index in [0.29, 0.717) is 4.83 Å². The summed E-state index contributed by atoms with van der Waals surface area (Å²) in [6.07, 6.45) is 0. The minimum absolute atomic E-state index is 0.334. The first kappa shape index (κ1) is 9.61. The Kier molecular flexibility index (Phi) is 2.22. The molecule has 0 saturated heterocycles. The van der Waals surface area contributed by atoms with Gasteiger partial charge in [-0.1, -0.05) is 68.3 Å². The number of rotatable bonds is 0. The number of hydrogen-bond donors (Lipinski definition) is 0. The summed E-state index contributed by atoms with van der Waals surface area (Å²) in [6.45, 7) is 0. The zero-order valence-corrected chi connectivity index (χ0v) is 11.0. The van der Waals surface area contributed by atoms with Crippen molar-refractivity contribution in [1.82, 2.24) is 0 Å². The second kappa shape index (κ2) is 3.46. The Morgan fingerprint density at radius 2 is 1.60 bits per heavy atom. The average molecular weight is 324 g/mol. The summed E-state index contributed by atoms with van der Waals surface area (Å²) in [5, 5.41) is 0. The minimum atomic E-state index is 0.334. The normalized spacial score (nSPS) is 17.3. The van der Waals surface area contributed by atoms with Crippen LogP contribution in [-0.4, -0.2) is 0 Å². The Morgan fingerprint density at radius 1 is 0.867 bits per heavy atom. The van der Waals surface area contributed by atoms with Gasteiger partial charge in [-0.25, -0.2) is 0 Å². The molecule has 0 nitrogen and oxygen atoms in total. The van der Waals surface area contributed by atoms with Gasteiger partial charge in [0.05, 0.1) is 4.83 Å². The molecule has 1 aliphatic carbocycles. The molecule has 1 unspecified atom stereocenters. The lowest BCUT2D eigenvalue weighted by Crippen LogP contribution is -1.84. The molecule has 2 heteroatoms. The van der Waals surface area contributed by atoms with E-state index in [-0.39, 0.29) is 0 Å². The lowest BCUT2D eigenvalue weighted by Gasteiger charge is -2.04. The third-order valence-corrected chi connectivity index (χ3v) is 4.47. The van der Waals surface area contributed by atoms with Crippen LogP contribution in [0.2, 0.25) is 0 Å². The van der Waals surface area contributed by atoms with Crippen molar-refractivity contribution in [2.45, 2.75) is 4.83 Å². The largest absolute Gasteiger partial charge is 0.0786 e. The van der Waals surface area contributed by atoms with Gasteiger partial charge in [-0.2, -0.15) is 0 Å². The maximum Gasteiger partial charge on any atom is 0.0657 e. The molecule has 0 amide bonds. The van der Waals surface area contributed by atoms with Crippen LogP contribution in [-0.2, 0) is 0 Å². The summed E-state index contributed by atoms with van der Waals surface area (Å²) in [4.78, 5) is 0.334. The van der Waals surface area contributed by atoms with Crippen molar-refractivity contribution < 1.29 is 0 Å². The Bertz CT molecular complexity index is 532. The predicted molar refractivity (Wildman–Crippen MR) is 70.3 cm³/mol. The topological polar surface area (TPSA) is 0 Å². The molecule has 0 bridgehead atoms. The number of hydrogen-bond acceptors (Lipinski definition) is 0. The molecule has 0 aromatic heterocycles. The highest BCUT2D eigenvalue weighted by molar-refractivity contribution is 9.10. The van der Waals surface area contributed by atoms with Gasteiger partial charge >= 0.3 is 0 Å². The Morgan fingerprint density at radius 3 is 2.47 bits per heavy atom. The van der Waals surface area contributed by atoms with Gasteiger partial charge in [0, 0.05) is 10.0 Å². The molecule has 74 valence electrons. The number of fused-ring (bicyclic) bond motifs is 3. The van der Waals surface area contributed by atoms with Crippen molar-refractivity contribution >= 4 is 31.9 Å². The van der Waals surface area contributed by atoms with Crippen LogP contribution in [0.3, 0.4) is 0 Å². The van der Waals surface area contributed by atoms with Crippen LogP contribution < -0.4 is 0 Å². The monoisotopic (exact) mass is 322 g/mol. The van der Waals surface area contributed by atoms with Crippen molar-refractivity contribution in [2.24, 2.45) is 0 Å². The van der Waals surface area contributed by atoms with Gasteiger partial charge in [0.1, 0.15) is 0 Å². The molecule has 2 aromatic carbocycles. The van der Waals surface area contributed by atoms with E-state index in [1.807, 2.05) is 0 Å². The first-order valence-corrected chi connectivity index (χ1v) is 6.51. The van der Waals surface area contributed by atoms with Crippen LogP contribution in [0.25, 0.3) is 11.1 Å². The van der Waals surface area contributed by atoms with E-state index in [9.17, 15) is 0 Å². The van der Waals surface area contributed by atoms with Gasteiger partial charge in [-0.05, 0) is 22.8 Å². The summed E-state index contributed by atoms with van der Waals surface area (Å²) in [5.74, 6) is 0. The van der Waals surface area contributed by atoms with Crippen LogP contribution in [0.4, 0.5) is 0 Å². The molecular weight excluding hydrogens is 316 g/mol. The van der Waals surface area contributed by atoms with Crippen LogP contribution in [0.5, 0.6) is 0 Å². The van der Waals surface area contributed by atoms with Gasteiger partial charge in [-0.15, -0.1) is 0 Å². The van der Waals surface area contributed by atoms with E-state index >= 15 is 0 Å². The Hall–Kier alpha value is -0.600. The van der Waals surface area contributed by atoms with Crippen molar-refractivity contribution in [3.8, 4) is 11.1 Å². The zero-order chi connectivity index (χ0) is 10.4. The van der Waals surface area contributed by atoms with E-state index < -0.39 is 0 Å². The smallest absolute Gasteiger partial charge is 0.0657 e. The van der Waals surface area contributed by atoms with E-state index in [0.717, 1.165) is 0 Å². The van der Waals surface area contributed by atoms with E-state index in [4.69, 9.17) is 0 Å². The molecule has 2 aromatic rings. The summed E-state index contributed by atoms with van der Waals surface area (Å²) in [5.41, 5.74) is 5.38.